The summed E-state index contributed by atoms with van der Waals surface area (Å²) in [6.45, 7) is 2.09. The van der Waals surface area contributed by atoms with Crippen LogP contribution in [0.2, 0.25) is 5.02 Å². The largest absolute Gasteiger partial charge is 0.488 e. The highest BCUT2D eigenvalue weighted by atomic mass is 35.5. The van der Waals surface area contributed by atoms with Crippen LogP contribution in [0.3, 0.4) is 0 Å². The van der Waals surface area contributed by atoms with E-state index in [4.69, 9.17) is 25.8 Å². The Morgan fingerprint density at radius 2 is 2.17 bits per heavy atom. The van der Waals surface area contributed by atoms with Crippen molar-refractivity contribution in [3.05, 3.63) is 57.9 Å². The third kappa shape index (κ3) is 3.46. The molecule has 0 amide bonds. The van der Waals surface area contributed by atoms with Crippen LogP contribution in [-0.4, -0.2) is 12.6 Å². The van der Waals surface area contributed by atoms with Gasteiger partial charge in [-0.05, 0) is 37.3 Å². The van der Waals surface area contributed by atoms with Gasteiger partial charge < -0.3 is 14.2 Å². The molecule has 0 aromatic heterocycles. The quantitative estimate of drug-likeness (QED) is 0.788. The molecule has 6 heteroatoms. The number of benzene rings is 2. The SMILES string of the molecule is CC(=O)c1cc(F)ccc1OCc1cc(Cl)cc2c1OCOC2. The van der Waals surface area contributed by atoms with Gasteiger partial charge in [-0.2, -0.15) is 0 Å². The second-order valence-electron chi connectivity index (χ2n) is 5.15. The average molecular weight is 337 g/mol. The molecular formula is C17H14ClFO4. The Balaban J connectivity index is 1.87. The molecule has 1 aliphatic rings. The first-order chi connectivity index (χ1) is 11.0. The molecule has 0 N–H and O–H groups in total. The zero-order valence-corrected chi connectivity index (χ0v) is 13.2. The van der Waals surface area contributed by atoms with Gasteiger partial charge in [-0.1, -0.05) is 11.6 Å². The van der Waals surface area contributed by atoms with Gasteiger partial charge >= 0.3 is 0 Å². The molecule has 2 aromatic carbocycles. The van der Waals surface area contributed by atoms with E-state index in [9.17, 15) is 9.18 Å². The maximum atomic E-state index is 13.3. The molecule has 0 radical (unpaired) electrons. The Morgan fingerprint density at radius 1 is 1.35 bits per heavy atom. The van der Waals surface area contributed by atoms with E-state index >= 15 is 0 Å². The molecule has 1 heterocycles. The number of Topliss-reactive ketones (excluding diaryl/α,β-unsaturated/α-hetero) is 1. The van der Waals surface area contributed by atoms with Crippen molar-refractivity contribution in [2.75, 3.05) is 6.79 Å². The third-order valence-electron chi connectivity index (χ3n) is 3.46. The van der Waals surface area contributed by atoms with Gasteiger partial charge in [-0.25, -0.2) is 4.39 Å². The van der Waals surface area contributed by atoms with Gasteiger partial charge in [0.15, 0.2) is 12.6 Å². The molecule has 0 atom stereocenters. The fourth-order valence-corrected chi connectivity index (χ4v) is 2.69. The highest BCUT2D eigenvalue weighted by molar-refractivity contribution is 6.30. The normalized spacial score (nSPS) is 13.2. The second kappa shape index (κ2) is 6.56. The van der Waals surface area contributed by atoms with Gasteiger partial charge in [-0.15, -0.1) is 0 Å². The van der Waals surface area contributed by atoms with Gasteiger partial charge in [0.05, 0.1) is 12.2 Å². The lowest BCUT2D eigenvalue weighted by Crippen LogP contribution is -2.14. The Hall–Kier alpha value is -2.11. The van der Waals surface area contributed by atoms with Gasteiger partial charge in [0.1, 0.15) is 23.9 Å². The Labute approximate surface area is 137 Å². The van der Waals surface area contributed by atoms with Crippen molar-refractivity contribution in [1.29, 1.82) is 0 Å². The van der Waals surface area contributed by atoms with Crippen molar-refractivity contribution in [3.8, 4) is 11.5 Å². The molecule has 4 nitrogen and oxygen atoms in total. The zero-order chi connectivity index (χ0) is 16.4. The van der Waals surface area contributed by atoms with Crippen molar-refractivity contribution < 1.29 is 23.4 Å². The number of halogens is 2. The van der Waals surface area contributed by atoms with Crippen molar-refractivity contribution in [1.82, 2.24) is 0 Å². The summed E-state index contributed by atoms with van der Waals surface area (Å²) in [5.74, 6) is 0.243. The standard InChI is InChI=1S/C17H14ClFO4/c1-10(20)15-6-14(19)2-3-16(15)22-8-12-5-13(18)4-11-7-21-9-23-17(11)12/h2-6H,7-9H2,1H3. The van der Waals surface area contributed by atoms with E-state index in [1.165, 1.54) is 19.1 Å². The molecular weight excluding hydrogens is 323 g/mol. The number of carbonyl (C=O) groups is 1. The minimum atomic E-state index is -0.483. The van der Waals surface area contributed by atoms with Gasteiger partial charge in [0, 0.05) is 16.1 Å². The van der Waals surface area contributed by atoms with E-state index < -0.39 is 5.82 Å². The number of ether oxygens (including phenoxy) is 3. The molecule has 2 aromatic rings. The molecule has 120 valence electrons. The van der Waals surface area contributed by atoms with E-state index in [0.29, 0.717) is 23.1 Å². The molecule has 0 fully saturated rings. The van der Waals surface area contributed by atoms with Gasteiger partial charge in [-0.3, -0.25) is 4.79 Å². The summed E-state index contributed by atoms with van der Waals surface area (Å²) >= 11 is 6.10. The molecule has 3 rings (SSSR count). The molecule has 0 spiro atoms. The highest BCUT2D eigenvalue weighted by Crippen LogP contribution is 2.33. The highest BCUT2D eigenvalue weighted by Gasteiger charge is 2.18. The summed E-state index contributed by atoms with van der Waals surface area (Å²) in [6, 6.07) is 7.36. The van der Waals surface area contributed by atoms with Crippen LogP contribution in [0.4, 0.5) is 4.39 Å². The van der Waals surface area contributed by atoms with Gasteiger partial charge in [0.25, 0.3) is 0 Å². The first-order valence-corrected chi connectivity index (χ1v) is 7.37. The molecule has 0 saturated heterocycles. The molecule has 0 saturated carbocycles. The molecule has 0 bridgehead atoms. The summed E-state index contributed by atoms with van der Waals surface area (Å²) in [7, 11) is 0. The number of ketones is 1. The fourth-order valence-electron chi connectivity index (χ4n) is 2.42. The maximum absolute atomic E-state index is 13.3. The topological polar surface area (TPSA) is 44.8 Å². The summed E-state index contributed by atoms with van der Waals surface area (Å²) in [5, 5.41) is 0.544. The zero-order valence-electron chi connectivity index (χ0n) is 12.4. The van der Waals surface area contributed by atoms with E-state index in [1.807, 2.05) is 0 Å². The van der Waals surface area contributed by atoms with Crippen molar-refractivity contribution >= 4 is 17.4 Å². The van der Waals surface area contributed by atoms with Crippen LogP contribution in [0.5, 0.6) is 11.5 Å². The Morgan fingerprint density at radius 3 is 2.96 bits per heavy atom. The second-order valence-corrected chi connectivity index (χ2v) is 5.59. The smallest absolute Gasteiger partial charge is 0.189 e. The van der Waals surface area contributed by atoms with E-state index in [1.54, 1.807) is 12.1 Å². The molecule has 0 unspecified atom stereocenters. The first-order valence-electron chi connectivity index (χ1n) is 6.99. The minimum absolute atomic E-state index is 0.148. The van der Waals surface area contributed by atoms with Crippen LogP contribution >= 0.6 is 11.6 Å². The molecule has 0 aliphatic carbocycles. The van der Waals surface area contributed by atoms with E-state index in [0.717, 1.165) is 17.2 Å². The first kappa shape index (κ1) is 15.8. The minimum Gasteiger partial charge on any atom is -0.488 e. The lowest BCUT2D eigenvalue weighted by atomic mass is 10.1. The van der Waals surface area contributed by atoms with E-state index in [-0.39, 0.29) is 24.7 Å². The van der Waals surface area contributed by atoms with Crippen molar-refractivity contribution in [3.63, 3.8) is 0 Å². The summed E-state index contributed by atoms with van der Waals surface area (Å²) in [6.07, 6.45) is 0. The summed E-state index contributed by atoms with van der Waals surface area (Å²) in [4.78, 5) is 11.6. The molecule has 1 aliphatic heterocycles. The predicted octanol–water partition coefficient (Wildman–Crippen LogP) is 4.13. The Bertz CT molecular complexity index is 760. The number of fused-ring (bicyclic) bond motifs is 1. The lowest BCUT2D eigenvalue weighted by molar-refractivity contribution is -0.0175. The third-order valence-corrected chi connectivity index (χ3v) is 3.67. The van der Waals surface area contributed by atoms with Crippen LogP contribution in [-0.2, 0) is 18.0 Å². The number of rotatable bonds is 4. The molecule has 23 heavy (non-hydrogen) atoms. The lowest BCUT2D eigenvalue weighted by Gasteiger charge is -2.21. The number of hydrogen-bond donors (Lipinski definition) is 0. The predicted molar refractivity (Wildman–Crippen MR) is 82.5 cm³/mol. The Kier molecular flexibility index (Phi) is 4.50. The average Bonchev–Trinajstić information content (AvgIpc) is 2.53. The van der Waals surface area contributed by atoms with Crippen molar-refractivity contribution in [2.24, 2.45) is 0 Å². The van der Waals surface area contributed by atoms with Crippen molar-refractivity contribution in [2.45, 2.75) is 20.1 Å². The summed E-state index contributed by atoms with van der Waals surface area (Å²) in [5.41, 5.74) is 1.79. The van der Waals surface area contributed by atoms with Crippen LogP contribution < -0.4 is 9.47 Å². The maximum Gasteiger partial charge on any atom is 0.189 e. The van der Waals surface area contributed by atoms with E-state index in [2.05, 4.69) is 0 Å². The van der Waals surface area contributed by atoms with Crippen LogP contribution in [0.25, 0.3) is 0 Å². The van der Waals surface area contributed by atoms with Gasteiger partial charge in [0.2, 0.25) is 0 Å². The van der Waals surface area contributed by atoms with Crippen LogP contribution in [0, 0.1) is 5.82 Å². The van der Waals surface area contributed by atoms with Crippen LogP contribution in [0.1, 0.15) is 28.4 Å². The monoisotopic (exact) mass is 336 g/mol. The van der Waals surface area contributed by atoms with Crippen LogP contribution in [0.15, 0.2) is 30.3 Å². The number of hydrogen-bond acceptors (Lipinski definition) is 4. The fraction of sp³-hybridized carbons (Fsp3) is 0.235. The summed E-state index contributed by atoms with van der Waals surface area (Å²) < 4.78 is 29.7. The number of carbonyl (C=O) groups excluding carboxylic acids is 1.